The Morgan fingerprint density at radius 2 is 1.97 bits per heavy atom. The van der Waals surface area contributed by atoms with Crippen LogP contribution in [0.5, 0.6) is 5.75 Å². The molecule has 1 N–H and O–H groups in total. The number of hydrogen-bond acceptors (Lipinski definition) is 5. The van der Waals surface area contributed by atoms with E-state index in [0.29, 0.717) is 17.0 Å². The minimum atomic E-state index is -0.725. The standard InChI is InChI=1S/C21H19BrF2N4O3/c1-11-6-17(31-10-13-4-5-15(23)7-16(13)24)18(22)21(30)28(11)9-14-8-26-19(20(29)25-3)27-12(14)2/h4-8H,9-10H2,1-3H3,(H,25,29). The van der Waals surface area contributed by atoms with Crippen molar-refractivity contribution >= 4 is 21.8 Å². The van der Waals surface area contributed by atoms with Crippen LogP contribution in [0.1, 0.15) is 33.1 Å². The third kappa shape index (κ3) is 4.96. The summed E-state index contributed by atoms with van der Waals surface area (Å²) in [6.45, 7) is 3.49. The van der Waals surface area contributed by atoms with Gasteiger partial charge in [0.1, 0.15) is 28.5 Å². The summed E-state index contributed by atoms with van der Waals surface area (Å²) in [6.07, 6.45) is 1.51. The van der Waals surface area contributed by atoms with Gasteiger partial charge in [0.15, 0.2) is 0 Å². The zero-order valence-corrected chi connectivity index (χ0v) is 18.6. The number of amides is 1. The van der Waals surface area contributed by atoms with Crippen molar-refractivity contribution in [3.8, 4) is 5.75 Å². The fraction of sp³-hybridized carbons (Fsp3) is 0.238. The SMILES string of the molecule is CNC(=O)c1ncc(Cn2c(C)cc(OCc3ccc(F)cc3F)c(Br)c2=O)c(C)n1. The highest BCUT2D eigenvalue weighted by Crippen LogP contribution is 2.24. The summed E-state index contributed by atoms with van der Waals surface area (Å²) in [7, 11) is 1.49. The molecule has 0 aliphatic carbocycles. The molecule has 31 heavy (non-hydrogen) atoms. The maximum atomic E-state index is 13.8. The van der Waals surface area contributed by atoms with Gasteiger partial charge in [-0.1, -0.05) is 0 Å². The van der Waals surface area contributed by atoms with Gasteiger partial charge in [0.25, 0.3) is 11.5 Å². The van der Waals surface area contributed by atoms with Gasteiger partial charge in [-0.25, -0.2) is 18.7 Å². The Bertz CT molecular complexity index is 1210. The molecule has 0 saturated carbocycles. The Morgan fingerprint density at radius 3 is 2.61 bits per heavy atom. The van der Waals surface area contributed by atoms with Crippen molar-refractivity contribution < 1.29 is 18.3 Å². The first kappa shape index (κ1) is 22.5. The smallest absolute Gasteiger partial charge is 0.288 e. The number of halogens is 3. The number of ether oxygens (including phenoxy) is 1. The molecule has 162 valence electrons. The van der Waals surface area contributed by atoms with Crippen LogP contribution < -0.4 is 15.6 Å². The molecule has 1 aromatic carbocycles. The Kier molecular flexibility index (Phi) is 6.79. The molecule has 3 rings (SSSR count). The molecule has 0 fully saturated rings. The van der Waals surface area contributed by atoms with E-state index in [0.717, 1.165) is 12.1 Å². The van der Waals surface area contributed by atoms with E-state index in [4.69, 9.17) is 4.74 Å². The minimum absolute atomic E-state index is 0.0470. The van der Waals surface area contributed by atoms with Crippen molar-refractivity contribution in [1.82, 2.24) is 19.9 Å². The van der Waals surface area contributed by atoms with Gasteiger partial charge in [0.05, 0.1) is 6.54 Å². The van der Waals surface area contributed by atoms with Gasteiger partial charge in [0.2, 0.25) is 5.82 Å². The predicted molar refractivity (Wildman–Crippen MR) is 113 cm³/mol. The lowest BCUT2D eigenvalue weighted by molar-refractivity contribution is 0.0952. The van der Waals surface area contributed by atoms with Crippen LogP contribution in [0.4, 0.5) is 8.78 Å². The summed E-state index contributed by atoms with van der Waals surface area (Å²) in [5, 5.41) is 2.46. The normalized spacial score (nSPS) is 10.8. The Hall–Kier alpha value is -3.14. The maximum Gasteiger partial charge on any atom is 0.288 e. The van der Waals surface area contributed by atoms with Crippen LogP contribution in [0.15, 0.2) is 39.7 Å². The number of pyridine rings is 1. The van der Waals surface area contributed by atoms with Gasteiger partial charge in [-0.15, -0.1) is 0 Å². The zero-order chi connectivity index (χ0) is 22.7. The molecular formula is C21H19BrF2N4O3. The maximum absolute atomic E-state index is 13.8. The summed E-state index contributed by atoms with van der Waals surface area (Å²) in [4.78, 5) is 32.8. The van der Waals surface area contributed by atoms with Crippen molar-refractivity contribution in [3.05, 3.63) is 85.3 Å². The average Bonchev–Trinajstić information content (AvgIpc) is 2.74. The van der Waals surface area contributed by atoms with Gasteiger partial charge >= 0.3 is 0 Å². The van der Waals surface area contributed by atoms with Crippen LogP contribution in [0.2, 0.25) is 0 Å². The number of hydrogen-bond donors (Lipinski definition) is 1. The molecule has 0 atom stereocenters. The summed E-state index contributed by atoms with van der Waals surface area (Å²) in [6, 6.07) is 4.84. The monoisotopic (exact) mass is 492 g/mol. The second-order valence-corrected chi connectivity index (χ2v) is 7.56. The molecule has 10 heteroatoms. The van der Waals surface area contributed by atoms with E-state index >= 15 is 0 Å². The third-order valence-electron chi connectivity index (χ3n) is 4.65. The molecule has 7 nitrogen and oxygen atoms in total. The molecule has 0 spiro atoms. The van der Waals surface area contributed by atoms with E-state index in [1.54, 1.807) is 19.9 Å². The van der Waals surface area contributed by atoms with E-state index in [2.05, 4.69) is 31.2 Å². The topological polar surface area (TPSA) is 86.1 Å². The molecule has 0 aliphatic rings. The van der Waals surface area contributed by atoms with Crippen LogP contribution in [-0.2, 0) is 13.2 Å². The molecule has 2 aromatic heterocycles. The third-order valence-corrected chi connectivity index (χ3v) is 5.38. The first-order valence-electron chi connectivity index (χ1n) is 9.22. The highest BCUT2D eigenvalue weighted by atomic mass is 79.9. The molecule has 1 amide bonds. The predicted octanol–water partition coefficient (Wildman–Crippen LogP) is 3.28. The minimum Gasteiger partial charge on any atom is -0.487 e. The van der Waals surface area contributed by atoms with Gasteiger partial charge < -0.3 is 14.6 Å². The molecule has 0 radical (unpaired) electrons. The van der Waals surface area contributed by atoms with E-state index in [1.807, 2.05) is 0 Å². The number of carbonyl (C=O) groups excluding carboxylic acids is 1. The fourth-order valence-corrected chi connectivity index (χ4v) is 3.29. The van der Waals surface area contributed by atoms with E-state index in [1.165, 1.54) is 23.9 Å². The number of rotatable bonds is 6. The second kappa shape index (κ2) is 9.34. The lowest BCUT2D eigenvalue weighted by atomic mass is 10.2. The zero-order valence-electron chi connectivity index (χ0n) is 17.0. The first-order valence-corrected chi connectivity index (χ1v) is 10.0. The van der Waals surface area contributed by atoms with Crippen molar-refractivity contribution in [1.29, 1.82) is 0 Å². The van der Waals surface area contributed by atoms with Crippen molar-refractivity contribution in [2.24, 2.45) is 0 Å². The summed E-state index contributed by atoms with van der Waals surface area (Å²) in [5.41, 5.74) is 1.65. The molecule has 0 aliphatic heterocycles. The number of nitrogens with zero attached hydrogens (tertiary/aromatic N) is 3. The number of benzene rings is 1. The van der Waals surface area contributed by atoms with Crippen LogP contribution >= 0.6 is 15.9 Å². The first-order chi connectivity index (χ1) is 14.7. The lowest BCUT2D eigenvalue weighted by Crippen LogP contribution is -2.25. The molecule has 0 bridgehead atoms. The highest BCUT2D eigenvalue weighted by molar-refractivity contribution is 9.10. The van der Waals surface area contributed by atoms with Crippen molar-refractivity contribution in [2.45, 2.75) is 27.0 Å². The molecule has 3 aromatic rings. The van der Waals surface area contributed by atoms with Crippen LogP contribution in [0, 0.1) is 25.5 Å². The number of carbonyl (C=O) groups is 1. The summed E-state index contributed by atoms with van der Waals surface area (Å²) in [5.74, 6) is -1.51. The van der Waals surface area contributed by atoms with Gasteiger partial charge in [-0.3, -0.25) is 9.59 Å². The average molecular weight is 493 g/mol. The largest absolute Gasteiger partial charge is 0.487 e. The number of aryl methyl sites for hydroxylation is 2. The van der Waals surface area contributed by atoms with Gasteiger partial charge in [0, 0.05) is 47.9 Å². The molecular weight excluding hydrogens is 474 g/mol. The van der Waals surface area contributed by atoms with Crippen molar-refractivity contribution in [2.75, 3.05) is 7.05 Å². The Balaban J connectivity index is 1.85. The lowest BCUT2D eigenvalue weighted by Gasteiger charge is -2.15. The van der Waals surface area contributed by atoms with Gasteiger partial charge in [-0.2, -0.15) is 0 Å². The summed E-state index contributed by atoms with van der Waals surface area (Å²) >= 11 is 3.24. The van der Waals surface area contributed by atoms with Crippen LogP contribution in [-0.4, -0.2) is 27.5 Å². The van der Waals surface area contributed by atoms with E-state index in [9.17, 15) is 18.4 Å². The Morgan fingerprint density at radius 1 is 1.23 bits per heavy atom. The highest BCUT2D eigenvalue weighted by Gasteiger charge is 2.16. The number of aromatic nitrogens is 3. The van der Waals surface area contributed by atoms with Crippen molar-refractivity contribution in [3.63, 3.8) is 0 Å². The molecule has 2 heterocycles. The van der Waals surface area contributed by atoms with Gasteiger partial charge in [-0.05, 0) is 41.9 Å². The van der Waals surface area contributed by atoms with Crippen LogP contribution in [0.3, 0.4) is 0 Å². The fourth-order valence-electron chi connectivity index (χ4n) is 2.85. The molecule has 0 saturated heterocycles. The molecule has 0 unspecified atom stereocenters. The van der Waals surface area contributed by atoms with E-state index in [-0.39, 0.29) is 40.3 Å². The Labute approximate surface area is 185 Å². The quantitative estimate of drug-likeness (QED) is 0.570. The summed E-state index contributed by atoms with van der Waals surface area (Å²) < 4.78 is 34.1. The number of nitrogens with one attached hydrogen (secondary N) is 1. The van der Waals surface area contributed by atoms with Crippen LogP contribution in [0.25, 0.3) is 0 Å². The second-order valence-electron chi connectivity index (χ2n) is 6.76. The van der Waals surface area contributed by atoms with E-state index < -0.39 is 17.5 Å².